The zero-order chi connectivity index (χ0) is 12.0. The van der Waals surface area contributed by atoms with Gasteiger partial charge in [0.15, 0.2) is 0 Å². The van der Waals surface area contributed by atoms with Crippen LogP contribution in [0.15, 0.2) is 0 Å². The summed E-state index contributed by atoms with van der Waals surface area (Å²) in [5, 5.41) is 3.20. The number of piperazine rings is 1. The summed E-state index contributed by atoms with van der Waals surface area (Å²) in [4.78, 5) is 12.3. The largest absolute Gasteiger partial charge is 0.471 e. The second kappa shape index (κ2) is 4.65. The Bertz CT molecular complexity index is 304. The monoisotopic (exact) mass is 272 g/mol. The number of alkyl halides is 3. The molecule has 2 rings (SSSR count). The van der Waals surface area contributed by atoms with E-state index in [4.69, 9.17) is 0 Å². The van der Waals surface area contributed by atoms with Gasteiger partial charge in [-0.1, -0.05) is 6.92 Å². The summed E-state index contributed by atoms with van der Waals surface area (Å²) >= 11 is 0. The molecule has 1 N–H and O–H groups in total. The van der Waals surface area contributed by atoms with Crippen molar-refractivity contribution < 1.29 is 18.0 Å². The highest BCUT2D eigenvalue weighted by molar-refractivity contribution is 5.85. The van der Waals surface area contributed by atoms with Crippen LogP contribution >= 0.6 is 12.4 Å². The van der Waals surface area contributed by atoms with Crippen molar-refractivity contribution in [2.24, 2.45) is 0 Å². The van der Waals surface area contributed by atoms with Crippen LogP contribution in [-0.4, -0.2) is 41.7 Å². The van der Waals surface area contributed by atoms with Gasteiger partial charge < -0.3 is 10.2 Å². The molecule has 2 aliphatic rings. The Kier molecular flexibility index (Phi) is 3.98. The smallest absolute Gasteiger partial charge is 0.326 e. The van der Waals surface area contributed by atoms with Crippen LogP contribution in [0.3, 0.4) is 0 Å². The van der Waals surface area contributed by atoms with E-state index in [9.17, 15) is 18.0 Å². The van der Waals surface area contributed by atoms with Gasteiger partial charge in [0.1, 0.15) is 0 Å². The van der Waals surface area contributed by atoms with Crippen LogP contribution in [0.2, 0.25) is 0 Å². The normalized spacial score (nSPS) is 26.6. The fraction of sp³-hybridized carbons (Fsp3) is 0.900. The first-order chi connectivity index (χ1) is 7.39. The number of carbonyl (C=O) groups is 1. The molecule has 0 aromatic heterocycles. The van der Waals surface area contributed by atoms with Gasteiger partial charge in [0.05, 0.1) is 5.54 Å². The number of carbonyl (C=O) groups excluding carboxylic acids is 1. The quantitative estimate of drug-likeness (QED) is 0.788. The first kappa shape index (κ1) is 14.6. The highest BCUT2D eigenvalue weighted by Crippen LogP contribution is 2.44. The lowest BCUT2D eigenvalue weighted by Crippen LogP contribution is -2.62. The maximum absolute atomic E-state index is 12.4. The minimum absolute atomic E-state index is 0. The third-order valence-electron chi connectivity index (χ3n) is 3.50. The van der Waals surface area contributed by atoms with E-state index in [0.29, 0.717) is 19.4 Å². The topological polar surface area (TPSA) is 32.3 Å². The van der Waals surface area contributed by atoms with Crippen LogP contribution in [0, 0.1) is 0 Å². The summed E-state index contributed by atoms with van der Waals surface area (Å²) in [5.41, 5.74) is -0.543. The van der Waals surface area contributed by atoms with Crippen molar-refractivity contribution in [1.29, 1.82) is 0 Å². The summed E-state index contributed by atoms with van der Waals surface area (Å²) in [6.45, 7) is 2.57. The molecule has 7 heteroatoms. The summed E-state index contributed by atoms with van der Waals surface area (Å²) in [7, 11) is 0. The van der Waals surface area contributed by atoms with E-state index < -0.39 is 17.6 Å². The number of amides is 1. The van der Waals surface area contributed by atoms with Crippen molar-refractivity contribution in [3.63, 3.8) is 0 Å². The lowest BCUT2D eigenvalue weighted by atomic mass is 10.1. The number of nitrogens with zero attached hydrogens (tertiary/aromatic N) is 1. The summed E-state index contributed by atoms with van der Waals surface area (Å²) in [6.07, 6.45) is -2.65. The van der Waals surface area contributed by atoms with Gasteiger partial charge >= 0.3 is 12.1 Å². The molecule has 1 atom stereocenters. The predicted octanol–water partition coefficient (Wildman–Crippen LogP) is 1.71. The second-order valence-corrected chi connectivity index (χ2v) is 4.62. The summed E-state index contributed by atoms with van der Waals surface area (Å²) < 4.78 is 37.3. The predicted molar refractivity (Wildman–Crippen MR) is 59.1 cm³/mol. The Balaban J connectivity index is 0.00000144. The molecule has 1 amide bonds. The summed E-state index contributed by atoms with van der Waals surface area (Å²) in [5.74, 6) is -1.68. The molecule has 1 heterocycles. The van der Waals surface area contributed by atoms with E-state index in [0.717, 1.165) is 11.3 Å². The Morgan fingerprint density at radius 3 is 2.47 bits per heavy atom. The number of halogens is 4. The van der Waals surface area contributed by atoms with Crippen molar-refractivity contribution in [2.45, 2.75) is 43.9 Å². The zero-order valence-electron chi connectivity index (χ0n) is 9.51. The van der Waals surface area contributed by atoms with E-state index in [1.807, 2.05) is 6.92 Å². The Morgan fingerprint density at radius 1 is 1.47 bits per heavy atom. The average molecular weight is 273 g/mol. The Labute approximate surface area is 104 Å². The molecule has 1 aliphatic carbocycles. The van der Waals surface area contributed by atoms with Gasteiger partial charge in [0, 0.05) is 19.1 Å². The van der Waals surface area contributed by atoms with Crippen LogP contribution in [0.25, 0.3) is 0 Å². The highest BCUT2D eigenvalue weighted by atomic mass is 35.5. The van der Waals surface area contributed by atoms with Crippen LogP contribution in [-0.2, 0) is 4.79 Å². The third kappa shape index (κ3) is 2.68. The van der Waals surface area contributed by atoms with Gasteiger partial charge in [-0.3, -0.25) is 4.79 Å². The molecule has 0 bridgehead atoms. The molecule has 1 saturated heterocycles. The lowest BCUT2D eigenvalue weighted by Gasteiger charge is -2.41. The van der Waals surface area contributed by atoms with Crippen molar-refractivity contribution >= 4 is 18.3 Å². The number of hydrogen-bond donors (Lipinski definition) is 1. The Morgan fingerprint density at radius 2 is 2.06 bits per heavy atom. The molecule has 1 spiro atoms. The fourth-order valence-electron chi connectivity index (χ4n) is 2.22. The maximum Gasteiger partial charge on any atom is 0.471 e. The average Bonchev–Trinajstić information content (AvgIpc) is 2.97. The molecule has 3 nitrogen and oxygen atoms in total. The van der Waals surface area contributed by atoms with Crippen molar-refractivity contribution in [1.82, 2.24) is 10.2 Å². The maximum atomic E-state index is 12.4. The molecule has 100 valence electrons. The van der Waals surface area contributed by atoms with E-state index in [1.165, 1.54) is 0 Å². The molecule has 0 radical (unpaired) electrons. The van der Waals surface area contributed by atoms with Crippen LogP contribution in [0.4, 0.5) is 13.2 Å². The van der Waals surface area contributed by atoms with Gasteiger partial charge in [-0.2, -0.15) is 13.2 Å². The molecule has 17 heavy (non-hydrogen) atoms. The minimum atomic E-state index is -4.74. The highest BCUT2D eigenvalue weighted by Gasteiger charge is 2.57. The Hall–Kier alpha value is -0.490. The van der Waals surface area contributed by atoms with Crippen molar-refractivity contribution in [3.05, 3.63) is 0 Å². The number of nitrogens with one attached hydrogen (secondary N) is 1. The third-order valence-corrected chi connectivity index (χ3v) is 3.50. The zero-order valence-corrected chi connectivity index (χ0v) is 10.3. The van der Waals surface area contributed by atoms with Crippen LogP contribution in [0.5, 0.6) is 0 Å². The van der Waals surface area contributed by atoms with Crippen LogP contribution in [0.1, 0.15) is 26.2 Å². The minimum Gasteiger partial charge on any atom is -0.326 e. The molecule has 0 aromatic carbocycles. The van der Waals surface area contributed by atoms with Gasteiger partial charge in [0.2, 0.25) is 0 Å². The van der Waals surface area contributed by atoms with Crippen LogP contribution < -0.4 is 5.32 Å². The van der Waals surface area contributed by atoms with Gasteiger partial charge in [-0.25, -0.2) is 0 Å². The number of hydrogen-bond acceptors (Lipinski definition) is 2. The van der Waals surface area contributed by atoms with Gasteiger partial charge in [0.25, 0.3) is 0 Å². The fourth-order valence-corrected chi connectivity index (χ4v) is 2.22. The molecular formula is C10H16ClF3N2O. The first-order valence-corrected chi connectivity index (χ1v) is 5.51. The lowest BCUT2D eigenvalue weighted by molar-refractivity contribution is -0.190. The van der Waals surface area contributed by atoms with Gasteiger partial charge in [-0.05, 0) is 19.3 Å². The van der Waals surface area contributed by atoms with E-state index in [1.54, 1.807) is 0 Å². The molecular weight excluding hydrogens is 257 g/mol. The standard InChI is InChI=1S/C10H15F3N2O.ClH/c1-2-7-5-15(8(16)10(11,12)13)9(3-4-9)6-14-7;/h7,14H,2-6H2,1H3;1H/t7-;/m0./s1. The van der Waals surface area contributed by atoms with Crippen molar-refractivity contribution in [3.8, 4) is 0 Å². The van der Waals surface area contributed by atoms with E-state index in [-0.39, 0.29) is 25.0 Å². The number of rotatable bonds is 1. The molecule has 1 saturated carbocycles. The molecule has 2 fully saturated rings. The van der Waals surface area contributed by atoms with E-state index in [2.05, 4.69) is 5.32 Å². The molecule has 1 aliphatic heterocycles. The summed E-state index contributed by atoms with van der Waals surface area (Å²) in [6, 6.07) is -0.0162. The SMILES string of the molecule is CC[C@H]1CN(C(=O)C(F)(F)F)C2(CC2)CN1.Cl. The van der Waals surface area contributed by atoms with E-state index >= 15 is 0 Å². The van der Waals surface area contributed by atoms with Crippen molar-refractivity contribution in [2.75, 3.05) is 13.1 Å². The second-order valence-electron chi connectivity index (χ2n) is 4.62. The molecule has 0 aromatic rings. The molecule has 0 unspecified atom stereocenters. The van der Waals surface area contributed by atoms with Gasteiger partial charge in [-0.15, -0.1) is 12.4 Å². The first-order valence-electron chi connectivity index (χ1n) is 5.51.